The summed E-state index contributed by atoms with van der Waals surface area (Å²) in [4.78, 5) is 12.9. The zero-order valence-corrected chi connectivity index (χ0v) is 14.0. The third-order valence-corrected chi connectivity index (χ3v) is 4.35. The summed E-state index contributed by atoms with van der Waals surface area (Å²) in [5.74, 6) is -0.390. The summed E-state index contributed by atoms with van der Waals surface area (Å²) in [7, 11) is 0. The Labute approximate surface area is 144 Å². The predicted octanol–water partition coefficient (Wildman–Crippen LogP) is 5.22. The van der Waals surface area contributed by atoms with E-state index in [1.54, 1.807) is 0 Å². The molecule has 0 bridgehead atoms. The number of rotatable bonds is 4. The number of benzene rings is 3. The summed E-state index contributed by atoms with van der Waals surface area (Å²) in [6.45, 7) is 0. The molecule has 0 spiro atoms. The number of para-hydroxylation sites is 1. The largest absolute Gasteiger partial charge is 0.324 e. The van der Waals surface area contributed by atoms with E-state index in [0.29, 0.717) is 0 Å². The van der Waals surface area contributed by atoms with Crippen LogP contribution in [0.3, 0.4) is 0 Å². The van der Waals surface area contributed by atoms with Gasteiger partial charge in [-0.2, -0.15) is 0 Å². The molecule has 3 aromatic carbocycles. The molecule has 0 atom stereocenters. The van der Waals surface area contributed by atoms with Crippen LogP contribution in [-0.4, -0.2) is 5.91 Å². The fraction of sp³-hybridized carbons (Fsp3) is 0.0500. The van der Waals surface area contributed by atoms with Crippen molar-refractivity contribution in [1.82, 2.24) is 0 Å². The van der Waals surface area contributed by atoms with Gasteiger partial charge in [0.15, 0.2) is 0 Å². The van der Waals surface area contributed by atoms with Crippen LogP contribution in [0.15, 0.2) is 89.4 Å². The quantitative estimate of drug-likeness (QED) is 0.674. The second kappa shape index (κ2) is 7.25. The van der Waals surface area contributed by atoms with Crippen LogP contribution in [-0.2, 0) is 4.79 Å². The molecule has 0 aliphatic rings. The molecule has 3 aromatic rings. The van der Waals surface area contributed by atoms with E-state index in [4.69, 9.17) is 0 Å². The Morgan fingerprint density at radius 1 is 0.739 bits per heavy atom. The number of hydrogen-bond acceptors (Lipinski definition) is 1. The monoisotopic (exact) mass is 365 g/mol. The van der Waals surface area contributed by atoms with Crippen molar-refractivity contribution in [3.63, 3.8) is 0 Å². The average Bonchev–Trinajstić information content (AvgIpc) is 2.59. The van der Waals surface area contributed by atoms with E-state index in [0.717, 1.165) is 21.3 Å². The Kier molecular flexibility index (Phi) is 4.89. The standard InChI is InChI=1S/C20H16BrNO/c21-17-13-7-8-14-18(17)22-20(23)19(15-9-3-1-4-10-15)16-11-5-2-6-12-16/h1-14,19H,(H,22,23). The van der Waals surface area contributed by atoms with Gasteiger partial charge in [-0.3, -0.25) is 4.79 Å². The topological polar surface area (TPSA) is 29.1 Å². The highest BCUT2D eigenvalue weighted by atomic mass is 79.9. The van der Waals surface area contributed by atoms with E-state index < -0.39 is 0 Å². The fourth-order valence-corrected chi connectivity index (χ4v) is 2.94. The van der Waals surface area contributed by atoms with Gasteiger partial charge in [0, 0.05) is 4.47 Å². The summed E-state index contributed by atoms with van der Waals surface area (Å²) >= 11 is 3.47. The Bertz CT molecular complexity index is 748. The van der Waals surface area contributed by atoms with Gasteiger partial charge in [-0.25, -0.2) is 0 Å². The maximum Gasteiger partial charge on any atom is 0.236 e. The van der Waals surface area contributed by atoms with E-state index in [9.17, 15) is 4.79 Å². The molecule has 114 valence electrons. The molecule has 0 saturated carbocycles. The molecule has 1 amide bonds. The molecular formula is C20H16BrNO. The van der Waals surface area contributed by atoms with Crippen LogP contribution in [0.25, 0.3) is 0 Å². The molecule has 2 nitrogen and oxygen atoms in total. The molecule has 0 aromatic heterocycles. The first kappa shape index (κ1) is 15.5. The van der Waals surface area contributed by atoms with Crippen molar-refractivity contribution in [1.29, 1.82) is 0 Å². The molecule has 0 aliphatic carbocycles. The van der Waals surface area contributed by atoms with Gasteiger partial charge in [-0.05, 0) is 39.2 Å². The smallest absolute Gasteiger partial charge is 0.236 e. The van der Waals surface area contributed by atoms with Crippen LogP contribution in [0, 0.1) is 0 Å². The van der Waals surface area contributed by atoms with Crippen LogP contribution in [0.4, 0.5) is 5.69 Å². The molecule has 3 rings (SSSR count). The first-order valence-corrected chi connectivity index (χ1v) is 8.20. The lowest BCUT2D eigenvalue weighted by Crippen LogP contribution is -2.22. The first-order valence-electron chi connectivity index (χ1n) is 7.41. The lowest BCUT2D eigenvalue weighted by atomic mass is 9.90. The predicted molar refractivity (Wildman–Crippen MR) is 97.5 cm³/mol. The maximum absolute atomic E-state index is 12.9. The summed E-state index contributed by atoms with van der Waals surface area (Å²) in [5.41, 5.74) is 2.72. The molecule has 23 heavy (non-hydrogen) atoms. The Morgan fingerprint density at radius 2 is 1.22 bits per heavy atom. The summed E-state index contributed by atoms with van der Waals surface area (Å²) in [6.07, 6.45) is 0. The van der Waals surface area contributed by atoms with Crippen molar-refractivity contribution in [2.75, 3.05) is 5.32 Å². The molecule has 0 aliphatic heterocycles. The molecule has 0 heterocycles. The highest BCUT2D eigenvalue weighted by Gasteiger charge is 2.22. The summed E-state index contributed by atoms with van der Waals surface area (Å²) in [5, 5.41) is 3.02. The van der Waals surface area contributed by atoms with E-state index in [-0.39, 0.29) is 11.8 Å². The zero-order chi connectivity index (χ0) is 16.1. The number of nitrogens with one attached hydrogen (secondary N) is 1. The minimum atomic E-state index is -0.343. The number of anilines is 1. The third-order valence-electron chi connectivity index (χ3n) is 3.66. The highest BCUT2D eigenvalue weighted by molar-refractivity contribution is 9.10. The van der Waals surface area contributed by atoms with Gasteiger partial charge >= 0.3 is 0 Å². The van der Waals surface area contributed by atoms with Gasteiger partial charge < -0.3 is 5.32 Å². The Morgan fingerprint density at radius 3 is 1.74 bits per heavy atom. The number of halogens is 1. The average molecular weight is 366 g/mol. The van der Waals surface area contributed by atoms with Crippen molar-refractivity contribution in [2.45, 2.75) is 5.92 Å². The number of hydrogen-bond donors (Lipinski definition) is 1. The Balaban J connectivity index is 1.96. The van der Waals surface area contributed by atoms with Crippen molar-refractivity contribution in [2.24, 2.45) is 0 Å². The third kappa shape index (κ3) is 3.69. The fourth-order valence-electron chi connectivity index (χ4n) is 2.55. The number of carbonyl (C=O) groups excluding carboxylic acids is 1. The minimum absolute atomic E-state index is 0.0469. The van der Waals surface area contributed by atoms with Gasteiger partial charge in [-0.1, -0.05) is 72.8 Å². The van der Waals surface area contributed by atoms with Gasteiger partial charge in [0.05, 0.1) is 11.6 Å². The summed E-state index contributed by atoms with van der Waals surface area (Å²) < 4.78 is 0.869. The van der Waals surface area contributed by atoms with E-state index in [2.05, 4.69) is 21.2 Å². The highest BCUT2D eigenvalue weighted by Crippen LogP contribution is 2.28. The number of carbonyl (C=O) groups is 1. The van der Waals surface area contributed by atoms with Crippen molar-refractivity contribution < 1.29 is 4.79 Å². The first-order chi connectivity index (χ1) is 11.3. The van der Waals surface area contributed by atoms with E-state index >= 15 is 0 Å². The minimum Gasteiger partial charge on any atom is -0.324 e. The number of amides is 1. The normalized spacial score (nSPS) is 10.5. The molecular weight excluding hydrogens is 350 g/mol. The Hall–Kier alpha value is -2.39. The molecule has 0 radical (unpaired) electrons. The van der Waals surface area contributed by atoms with Crippen molar-refractivity contribution in [3.05, 3.63) is 101 Å². The van der Waals surface area contributed by atoms with Gasteiger partial charge in [0.25, 0.3) is 0 Å². The van der Waals surface area contributed by atoms with Crippen LogP contribution >= 0.6 is 15.9 Å². The molecule has 0 unspecified atom stereocenters. The zero-order valence-electron chi connectivity index (χ0n) is 12.4. The van der Waals surface area contributed by atoms with E-state index in [1.807, 2.05) is 84.9 Å². The molecule has 1 N–H and O–H groups in total. The summed E-state index contributed by atoms with van der Waals surface area (Å²) in [6, 6.07) is 27.3. The maximum atomic E-state index is 12.9. The van der Waals surface area contributed by atoms with Crippen LogP contribution < -0.4 is 5.32 Å². The van der Waals surface area contributed by atoms with Crippen molar-refractivity contribution in [3.8, 4) is 0 Å². The van der Waals surface area contributed by atoms with Gasteiger partial charge in [0.1, 0.15) is 0 Å². The lowest BCUT2D eigenvalue weighted by molar-refractivity contribution is -0.116. The molecule has 0 saturated heterocycles. The molecule has 0 fully saturated rings. The SMILES string of the molecule is O=C(Nc1ccccc1Br)C(c1ccccc1)c1ccccc1. The van der Waals surface area contributed by atoms with Crippen molar-refractivity contribution >= 4 is 27.5 Å². The van der Waals surface area contributed by atoms with Crippen LogP contribution in [0.2, 0.25) is 0 Å². The second-order valence-corrected chi connectivity index (χ2v) is 6.08. The van der Waals surface area contributed by atoms with E-state index in [1.165, 1.54) is 0 Å². The van der Waals surface area contributed by atoms with Crippen LogP contribution in [0.1, 0.15) is 17.0 Å². The lowest BCUT2D eigenvalue weighted by Gasteiger charge is -2.18. The van der Waals surface area contributed by atoms with Gasteiger partial charge in [0.2, 0.25) is 5.91 Å². The van der Waals surface area contributed by atoms with Gasteiger partial charge in [-0.15, -0.1) is 0 Å². The van der Waals surface area contributed by atoms with Crippen LogP contribution in [0.5, 0.6) is 0 Å². The molecule has 3 heteroatoms. The second-order valence-electron chi connectivity index (χ2n) is 5.22.